The van der Waals surface area contributed by atoms with Crippen molar-refractivity contribution < 1.29 is 13.5 Å². The number of nitrogens with two attached hydrogens (primary N) is 1. The Bertz CT molecular complexity index is 594. The van der Waals surface area contributed by atoms with Crippen LogP contribution in [0, 0.1) is 11.6 Å². The van der Waals surface area contributed by atoms with Crippen LogP contribution in [-0.2, 0) is 6.42 Å². The molecule has 20 heavy (non-hydrogen) atoms. The Hall–Kier alpha value is -2.12. The maximum Gasteiger partial charge on any atom is 0.216 e. The zero-order valence-corrected chi connectivity index (χ0v) is 10.8. The van der Waals surface area contributed by atoms with Crippen LogP contribution in [0.2, 0.25) is 0 Å². The molecule has 7 heteroatoms. The molecule has 3 N–H and O–H groups in total. The Balaban J connectivity index is 2.23. The second kappa shape index (κ2) is 6.36. The van der Waals surface area contributed by atoms with E-state index in [9.17, 15) is 8.78 Å². The second-order valence-corrected chi connectivity index (χ2v) is 4.14. The highest BCUT2D eigenvalue weighted by Crippen LogP contribution is 2.20. The molecule has 0 fully saturated rings. The first-order chi connectivity index (χ1) is 9.63. The molecule has 0 bridgehead atoms. The van der Waals surface area contributed by atoms with Crippen molar-refractivity contribution in [2.75, 3.05) is 7.11 Å². The number of nitrogens with one attached hydrogen (secondary N) is 1. The van der Waals surface area contributed by atoms with E-state index in [2.05, 4.69) is 15.4 Å². The predicted molar refractivity (Wildman–Crippen MR) is 68.7 cm³/mol. The first-order valence-corrected chi connectivity index (χ1v) is 5.90. The van der Waals surface area contributed by atoms with Crippen molar-refractivity contribution in [3.63, 3.8) is 0 Å². The molecule has 1 unspecified atom stereocenters. The third-order valence-corrected chi connectivity index (χ3v) is 2.87. The summed E-state index contributed by atoms with van der Waals surface area (Å²) in [6, 6.07) is 4.59. The summed E-state index contributed by atoms with van der Waals surface area (Å²) < 4.78 is 31.5. The van der Waals surface area contributed by atoms with Crippen molar-refractivity contribution in [3.05, 3.63) is 53.5 Å². The Kier molecular flexibility index (Phi) is 4.54. The van der Waals surface area contributed by atoms with E-state index in [-0.39, 0.29) is 6.42 Å². The van der Waals surface area contributed by atoms with Crippen molar-refractivity contribution >= 4 is 0 Å². The van der Waals surface area contributed by atoms with Crippen LogP contribution in [0.15, 0.2) is 30.6 Å². The number of benzene rings is 1. The molecule has 0 spiro atoms. The van der Waals surface area contributed by atoms with Gasteiger partial charge in [0.15, 0.2) is 0 Å². The van der Waals surface area contributed by atoms with Gasteiger partial charge < -0.3 is 4.74 Å². The average molecular weight is 280 g/mol. The molecule has 0 radical (unpaired) electrons. The van der Waals surface area contributed by atoms with Crippen LogP contribution in [-0.4, -0.2) is 17.1 Å². The number of aromatic nitrogens is 2. The third-order valence-electron chi connectivity index (χ3n) is 2.87. The van der Waals surface area contributed by atoms with Gasteiger partial charge in [-0.3, -0.25) is 11.3 Å². The van der Waals surface area contributed by atoms with Gasteiger partial charge in [-0.15, -0.1) is 0 Å². The predicted octanol–water partition coefficient (Wildman–Crippen LogP) is 1.51. The fourth-order valence-electron chi connectivity index (χ4n) is 1.81. The molecule has 1 aromatic heterocycles. The van der Waals surface area contributed by atoms with E-state index in [1.54, 1.807) is 6.07 Å². The summed E-state index contributed by atoms with van der Waals surface area (Å²) in [6.45, 7) is 0. The van der Waals surface area contributed by atoms with Crippen molar-refractivity contribution in [2.45, 2.75) is 12.5 Å². The molecule has 0 saturated heterocycles. The standard InChI is InChI=1S/C13H14F2N4O/c1-20-13-6-11(17-7-18-13)12(19-16)4-8-2-3-9(14)5-10(8)15/h2-3,5-7,12,19H,4,16H2,1H3. The van der Waals surface area contributed by atoms with E-state index in [0.717, 1.165) is 6.07 Å². The third kappa shape index (κ3) is 3.25. The maximum atomic E-state index is 13.6. The van der Waals surface area contributed by atoms with Crippen LogP contribution in [0.3, 0.4) is 0 Å². The fraction of sp³-hybridized carbons (Fsp3) is 0.231. The zero-order valence-electron chi connectivity index (χ0n) is 10.8. The van der Waals surface area contributed by atoms with Crippen LogP contribution in [0.5, 0.6) is 5.88 Å². The van der Waals surface area contributed by atoms with Gasteiger partial charge in [0.2, 0.25) is 5.88 Å². The summed E-state index contributed by atoms with van der Waals surface area (Å²) in [7, 11) is 1.48. The molecule has 0 saturated carbocycles. The summed E-state index contributed by atoms with van der Waals surface area (Å²) >= 11 is 0. The maximum absolute atomic E-state index is 13.6. The normalized spacial score (nSPS) is 12.2. The number of methoxy groups -OCH3 is 1. The molecule has 0 aliphatic carbocycles. The number of ether oxygens (including phenoxy) is 1. The van der Waals surface area contributed by atoms with E-state index >= 15 is 0 Å². The van der Waals surface area contributed by atoms with Crippen molar-refractivity contribution in [1.29, 1.82) is 0 Å². The van der Waals surface area contributed by atoms with Gasteiger partial charge in [-0.2, -0.15) is 0 Å². The molecule has 0 amide bonds. The molecular formula is C13H14F2N4O. The molecule has 0 aliphatic heterocycles. The number of rotatable bonds is 5. The van der Waals surface area contributed by atoms with E-state index in [4.69, 9.17) is 10.6 Å². The van der Waals surface area contributed by atoms with E-state index in [1.807, 2.05) is 0 Å². The molecule has 1 atom stereocenters. The van der Waals surface area contributed by atoms with Gasteiger partial charge in [0.25, 0.3) is 0 Å². The molecule has 2 aromatic rings. The molecule has 5 nitrogen and oxygen atoms in total. The highest BCUT2D eigenvalue weighted by atomic mass is 19.1. The monoisotopic (exact) mass is 280 g/mol. The second-order valence-electron chi connectivity index (χ2n) is 4.14. The van der Waals surface area contributed by atoms with Gasteiger partial charge >= 0.3 is 0 Å². The number of hydrogen-bond donors (Lipinski definition) is 2. The van der Waals surface area contributed by atoms with Gasteiger partial charge in [0.1, 0.15) is 18.0 Å². The van der Waals surface area contributed by atoms with Gasteiger partial charge in [0.05, 0.1) is 18.8 Å². The van der Waals surface area contributed by atoms with Crippen LogP contribution < -0.4 is 16.0 Å². The van der Waals surface area contributed by atoms with Gasteiger partial charge in [-0.1, -0.05) is 6.07 Å². The quantitative estimate of drug-likeness (QED) is 0.641. The lowest BCUT2D eigenvalue weighted by Crippen LogP contribution is -2.30. The first kappa shape index (κ1) is 14.3. The lowest BCUT2D eigenvalue weighted by Gasteiger charge is -2.16. The molecule has 106 valence electrons. The summed E-state index contributed by atoms with van der Waals surface area (Å²) in [5.74, 6) is 4.62. The lowest BCUT2D eigenvalue weighted by atomic mass is 10.0. The molecule has 1 aromatic carbocycles. The molecular weight excluding hydrogens is 266 g/mol. The molecule has 1 heterocycles. The van der Waals surface area contributed by atoms with Gasteiger partial charge in [0, 0.05) is 12.1 Å². The number of hydrazine groups is 1. The van der Waals surface area contributed by atoms with E-state index in [0.29, 0.717) is 17.1 Å². The number of hydrogen-bond acceptors (Lipinski definition) is 5. The number of halogens is 2. The average Bonchev–Trinajstić information content (AvgIpc) is 2.46. The summed E-state index contributed by atoms with van der Waals surface area (Å²) in [5.41, 5.74) is 3.45. The smallest absolute Gasteiger partial charge is 0.216 e. The van der Waals surface area contributed by atoms with Crippen LogP contribution in [0.4, 0.5) is 8.78 Å². The first-order valence-electron chi connectivity index (χ1n) is 5.90. The van der Waals surface area contributed by atoms with Crippen molar-refractivity contribution in [2.24, 2.45) is 5.84 Å². The summed E-state index contributed by atoms with van der Waals surface area (Å²) in [4.78, 5) is 7.96. The highest BCUT2D eigenvalue weighted by Gasteiger charge is 2.16. The molecule has 2 rings (SSSR count). The van der Waals surface area contributed by atoms with Crippen molar-refractivity contribution in [3.8, 4) is 5.88 Å². The van der Waals surface area contributed by atoms with Crippen LogP contribution in [0.25, 0.3) is 0 Å². The molecule has 0 aliphatic rings. The minimum absolute atomic E-state index is 0.225. The Morgan fingerprint density at radius 2 is 2.10 bits per heavy atom. The van der Waals surface area contributed by atoms with Crippen LogP contribution in [0.1, 0.15) is 17.3 Å². The van der Waals surface area contributed by atoms with Crippen LogP contribution >= 0.6 is 0 Å². The van der Waals surface area contributed by atoms with Gasteiger partial charge in [-0.25, -0.2) is 18.7 Å². The Labute approximate surface area is 114 Å². The SMILES string of the molecule is COc1cc(C(Cc2ccc(F)cc2F)NN)ncn1. The summed E-state index contributed by atoms with van der Waals surface area (Å²) in [5, 5.41) is 0. The summed E-state index contributed by atoms with van der Waals surface area (Å²) in [6.07, 6.45) is 1.56. The number of nitrogens with zero attached hydrogens (tertiary/aromatic N) is 2. The topological polar surface area (TPSA) is 73.1 Å². The Morgan fingerprint density at radius 3 is 2.75 bits per heavy atom. The highest BCUT2D eigenvalue weighted by molar-refractivity contribution is 5.23. The largest absolute Gasteiger partial charge is 0.481 e. The van der Waals surface area contributed by atoms with E-state index in [1.165, 1.54) is 25.6 Å². The fourth-order valence-corrected chi connectivity index (χ4v) is 1.81. The zero-order chi connectivity index (χ0) is 14.5. The Morgan fingerprint density at radius 1 is 1.30 bits per heavy atom. The van der Waals surface area contributed by atoms with E-state index < -0.39 is 17.7 Å². The van der Waals surface area contributed by atoms with Gasteiger partial charge in [-0.05, 0) is 18.1 Å². The minimum Gasteiger partial charge on any atom is -0.481 e. The lowest BCUT2D eigenvalue weighted by molar-refractivity contribution is 0.393. The minimum atomic E-state index is -0.619. The van der Waals surface area contributed by atoms with Crippen molar-refractivity contribution in [1.82, 2.24) is 15.4 Å².